The fraction of sp³-hybridized carbons (Fsp3) is 0.462. The lowest BCUT2D eigenvalue weighted by Gasteiger charge is -2.36. The molecule has 4 nitrogen and oxygen atoms in total. The second-order valence-electron chi connectivity index (χ2n) is 4.95. The molecule has 1 saturated carbocycles. The Hall–Kier alpha value is -1.21. The van der Waals surface area contributed by atoms with Crippen molar-refractivity contribution in [3.63, 3.8) is 0 Å². The van der Waals surface area contributed by atoms with E-state index >= 15 is 0 Å². The van der Waals surface area contributed by atoms with E-state index in [1.165, 1.54) is 0 Å². The fourth-order valence-corrected chi connectivity index (χ4v) is 2.57. The van der Waals surface area contributed by atoms with Crippen LogP contribution in [-0.4, -0.2) is 23.3 Å². The maximum Gasteiger partial charge on any atom is 0.319 e. The Morgan fingerprint density at radius 2 is 2.10 bits per heavy atom. The average molecular weight is 349 g/mol. The van der Waals surface area contributed by atoms with Crippen molar-refractivity contribution in [2.75, 3.05) is 11.9 Å². The number of rotatable bonds is 4. The van der Waals surface area contributed by atoms with Crippen LogP contribution in [0.25, 0.3) is 0 Å². The van der Waals surface area contributed by atoms with Crippen molar-refractivity contribution in [2.24, 2.45) is 0 Å². The van der Waals surface area contributed by atoms with Crippen molar-refractivity contribution in [2.45, 2.75) is 31.3 Å². The molecule has 0 aromatic heterocycles. The molecule has 1 fully saturated rings. The number of carbonyl (C=O) groups is 1. The lowest BCUT2D eigenvalue weighted by molar-refractivity contribution is -0.0388. The maximum atomic E-state index is 13.5. The smallest absolute Gasteiger partial charge is 0.319 e. The lowest BCUT2D eigenvalue weighted by Crippen LogP contribution is -2.41. The van der Waals surface area contributed by atoms with Crippen molar-refractivity contribution >= 4 is 27.6 Å². The van der Waals surface area contributed by atoms with Gasteiger partial charge in [-0.15, -0.1) is 0 Å². The van der Waals surface area contributed by atoms with E-state index in [2.05, 4.69) is 26.6 Å². The summed E-state index contributed by atoms with van der Waals surface area (Å²) in [5.41, 5.74) is -0.791. The minimum Gasteiger partial charge on any atom is -0.390 e. The molecule has 3 N–H and O–H groups in total. The Morgan fingerprint density at radius 1 is 1.40 bits per heavy atom. The number of benzene rings is 1. The van der Waals surface area contributed by atoms with Crippen LogP contribution in [0.3, 0.4) is 0 Å². The molecule has 0 spiro atoms. The summed E-state index contributed by atoms with van der Waals surface area (Å²) in [5.74, 6) is -1.59. The normalized spacial score (nSPS) is 16.4. The van der Waals surface area contributed by atoms with Crippen LogP contribution in [0.5, 0.6) is 0 Å². The molecular weight excluding hydrogens is 334 g/mol. The van der Waals surface area contributed by atoms with Gasteiger partial charge in [0.05, 0.1) is 11.3 Å². The molecule has 2 amide bonds. The number of aliphatic hydroxyl groups is 1. The first-order valence-electron chi connectivity index (χ1n) is 6.31. The van der Waals surface area contributed by atoms with Gasteiger partial charge in [0.25, 0.3) is 0 Å². The van der Waals surface area contributed by atoms with Crippen LogP contribution in [0, 0.1) is 11.6 Å². The number of hydrogen-bond acceptors (Lipinski definition) is 2. The van der Waals surface area contributed by atoms with E-state index in [4.69, 9.17) is 0 Å². The van der Waals surface area contributed by atoms with E-state index in [1.54, 1.807) is 0 Å². The number of hydrogen-bond donors (Lipinski definition) is 3. The highest BCUT2D eigenvalue weighted by molar-refractivity contribution is 9.10. The van der Waals surface area contributed by atoms with Gasteiger partial charge >= 0.3 is 6.03 Å². The van der Waals surface area contributed by atoms with Gasteiger partial charge in [-0.25, -0.2) is 13.6 Å². The Morgan fingerprint density at radius 3 is 2.65 bits per heavy atom. The third-order valence-corrected chi connectivity index (χ3v) is 4.03. The Bertz CT molecular complexity index is 498. The summed E-state index contributed by atoms with van der Waals surface area (Å²) in [7, 11) is 0. The molecular formula is C13H15BrF2N2O2. The molecule has 1 aliphatic carbocycles. The standard InChI is InChI=1S/C13H15BrF2N2O2/c14-9-6-8(15)7-10(16)11(9)18-12(19)17-5-4-13(20)2-1-3-13/h6-7,20H,1-5H2,(H2,17,18,19). The van der Waals surface area contributed by atoms with Gasteiger partial charge in [0.2, 0.25) is 0 Å². The molecule has 7 heteroatoms. The Balaban J connectivity index is 1.85. The second kappa shape index (κ2) is 6.05. The molecule has 0 saturated heterocycles. The van der Waals surface area contributed by atoms with Crippen molar-refractivity contribution in [1.82, 2.24) is 5.32 Å². The summed E-state index contributed by atoms with van der Waals surface area (Å²) in [4.78, 5) is 11.6. The summed E-state index contributed by atoms with van der Waals surface area (Å²) in [6.07, 6.45) is 2.95. The fourth-order valence-electron chi connectivity index (χ4n) is 2.06. The number of halogens is 3. The van der Waals surface area contributed by atoms with Crippen LogP contribution in [-0.2, 0) is 0 Å². The summed E-state index contributed by atoms with van der Waals surface area (Å²) in [6, 6.07) is 1.16. The third kappa shape index (κ3) is 3.67. The zero-order valence-electron chi connectivity index (χ0n) is 10.7. The number of amides is 2. The summed E-state index contributed by atoms with van der Waals surface area (Å²) < 4.78 is 26.5. The lowest BCUT2D eigenvalue weighted by atomic mass is 9.78. The molecule has 2 rings (SSSR count). The van der Waals surface area contributed by atoms with Crippen molar-refractivity contribution in [3.05, 3.63) is 28.2 Å². The van der Waals surface area contributed by atoms with Crippen LogP contribution in [0.2, 0.25) is 0 Å². The van der Waals surface area contributed by atoms with E-state index in [0.717, 1.165) is 25.3 Å². The van der Waals surface area contributed by atoms with Crippen LogP contribution >= 0.6 is 15.9 Å². The average Bonchev–Trinajstić information content (AvgIpc) is 2.31. The molecule has 0 unspecified atom stereocenters. The van der Waals surface area contributed by atoms with E-state index in [1.807, 2.05) is 0 Å². The largest absolute Gasteiger partial charge is 0.390 e. The van der Waals surface area contributed by atoms with Gasteiger partial charge in [0.15, 0.2) is 5.82 Å². The number of nitrogens with one attached hydrogen (secondary N) is 2. The molecule has 0 bridgehead atoms. The topological polar surface area (TPSA) is 61.4 Å². The number of urea groups is 1. The summed E-state index contributed by atoms with van der Waals surface area (Å²) in [6.45, 7) is 0.294. The van der Waals surface area contributed by atoms with Gasteiger partial charge in [0, 0.05) is 17.1 Å². The second-order valence-corrected chi connectivity index (χ2v) is 5.81. The molecule has 0 aliphatic heterocycles. The summed E-state index contributed by atoms with van der Waals surface area (Å²) >= 11 is 2.98. The van der Waals surface area contributed by atoms with E-state index in [-0.39, 0.29) is 10.2 Å². The predicted molar refractivity (Wildman–Crippen MR) is 74.5 cm³/mol. The molecule has 0 atom stereocenters. The SMILES string of the molecule is O=C(NCCC1(O)CCC1)Nc1c(F)cc(F)cc1Br. The summed E-state index contributed by atoms with van der Waals surface area (Å²) in [5, 5.41) is 14.7. The highest BCUT2D eigenvalue weighted by Gasteiger charge is 2.33. The molecule has 0 heterocycles. The van der Waals surface area contributed by atoms with Gasteiger partial charge in [-0.3, -0.25) is 0 Å². The molecule has 1 aromatic carbocycles. The highest BCUT2D eigenvalue weighted by atomic mass is 79.9. The number of anilines is 1. The molecule has 1 aromatic rings. The van der Waals surface area contributed by atoms with Gasteiger partial charge in [-0.1, -0.05) is 0 Å². The maximum absolute atomic E-state index is 13.5. The Kier molecular flexibility index (Phi) is 4.59. The van der Waals surface area contributed by atoms with E-state index in [9.17, 15) is 18.7 Å². The highest BCUT2D eigenvalue weighted by Crippen LogP contribution is 2.34. The van der Waals surface area contributed by atoms with Crippen molar-refractivity contribution < 1.29 is 18.7 Å². The van der Waals surface area contributed by atoms with Crippen LogP contribution in [0.4, 0.5) is 19.3 Å². The van der Waals surface area contributed by atoms with Crippen LogP contribution < -0.4 is 10.6 Å². The van der Waals surface area contributed by atoms with Gasteiger partial charge < -0.3 is 15.7 Å². The van der Waals surface area contributed by atoms with Crippen molar-refractivity contribution in [1.29, 1.82) is 0 Å². The monoisotopic (exact) mass is 348 g/mol. The van der Waals surface area contributed by atoms with Gasteiger partial charge in [0.1, 0.15) is 5.82 Å². The molecule has 1 aliphatic rings. The minimum absolute atomic E-state index is 0.119. The molecule has 110 valence electrons. The molecule has 20 heavy (non-hydrogen) atoms. The van der Waals surface area contributed by atoms with Gasteiger partial charge in [-0.2, -0.15) is 0 Å². The molecule has 0 radical (unpaired) electrons. The quantitative estimate of drug-likeness (QED) is 0.782. The van der Waals surface area contributed by atoms with Crippen molar-refractivity contribution in [3.8, 4) is 0 Å². The predicted octanol–water partition coefficient (Wildman–Crippen LogP) is 3.15. The van der Waals surface area contributed by atoms with Crippen LogP contribution in [0.15, 0.2) is 16.6 Å². The third-order valence-electron chi connectivity index (χ3n) is 3.41. The zero-order valence-corrected chi connectivity index (χ0v) is 12.3. The Labute approximate surface area is 123 Å². The van der Waals surface area contributed by atoms with Crippen LogP contribution in [0.1, 0.15) is 25.7 Å². The first-order chi connectivity index (χ1) is 9.39. The zero-order chi connectivity index (χ0) is 14.8. The van der Waals surface area contributed by atoms with E-state index in [0.29, 0.717) is 19.0 Å². The number of carbonyl (C=O) groups excluding carboxylic acids is 1. The first-order valence-corrected chi connectivity index (χ1v) is 7.11. The van der Waals surface area contributed by atoms with E-state index < -0.39 is 23.3 Å². The minimum atomic E-state index is -0.857. The first kappa shape index (κ1) is 15.2. The van der Waals surface area contributed by atoms with Gasteiger partial charge in [-0.05, 0) is 47.7 Å².